The summed E-state index contributed by atoms with van der Waals surface area (Å²) in [4.78, 5) is 17.1. The van der Waals surface area contributed by atoms with Gasteiger partial charge in [0, 0.05) is 22.0 Å². The second kappa shape index (κ2) is 7.71. The summed E-state index contributed by atoms with van der Waals surface area (Å²) < 4.78 is 0. The van der Waals surface area contributed by atoms with E-state index in [0.29, 0.717) is 6.04 Å². The van der Waals surface area contributed by atoms with Gasteiger partial charge in [0.25, 0.3) is 5.91 Å². The quantitative estimate of drug-likeness (QED) is 0.630. The van der Waals surface area contributed by atoms with Gasteiger partial charge in [-0.25, -0.2) is 0 Å². The third-order valence-corrected chi connectivity index (χ3v) is 6.04. The molecule has 128 valence electrons. The van der Waals surface area contributed by atoms with Gasteiger partial charge in [0.15, 0.2) is 0 Å². The Labute approximate surface area is 153 Å². The van der Waals surface area contributed by atoms with Crippen molar-refractivity contribution in [1.82, 2.24) is 4.90 Å². The predicted molar refractivity (Wildman–Crippen MR) is 103 cm³/mol. The molecule has 0 bridgehead atoms. The fourth-order valence-electron chi connectivity index (χ4n) is 3.56. The van der Waals surface area contributed by atoms with Crippen molar-refractivity contribution in [2.24, 2.45) is 0 Å². The van der Waals surface area contributed by atoms with Gasteiger partial charge in [-0.1, -0.05) is 43.0 Å². The van der Waals surface area contributed by atoms with Crippen LogP contribution in [0.2, 0.25) is 5.02 Å². The van der Waals surface area contributed by atoms with Crippen LogP contribution in [0.1, 0.15) is 55.6 Å². The molecule has 1 saturated carbocycles. The van der Waals surface area contributed by atoms with Crippen LogP contribution in [0.4, 0.5) is 0 Å². The van der Waals surface area contributed by atoms with E-state index < -0.39 is 0 Å². The minimum Gasteiger partial charge on any atom is -0.333 e. The maximum Gasteiger partial charge on any atom is 0.264 e. The lowest BCUT2D eigenvalue weighted by Gasteiger charge is -2.37. The number of hydrogen-bond donors (Lipinski definition) is 0. The smallest absolute Gasteiger partial charge is 0.264 e. The highest BCUT2D eigenvalue weighted by Gasteiger charge is 2.29. The second-order valence-electron chi connectivity index (χ2n) is 6.77. The van der Waals surface area contributed by atoms with Crippen molar-refractivity contribution in [2.45, 2.75) is 58.0 Å². The molecule has 0 atom stereocenters. The van der Waals surface area contributed by atoms with Crippen LogP contribution in [0.3, 0.4) is 0 Å². The Morgan fingerprint density at radius 1 is 1.17 bits per heavy atom. The van der Waals surface area contributed by atoms with Crippen LogP contribution in [0.15, 0.2) is 36.4 Å². The Morgan fingerprint density at radius 3 is 2.58 bits per heavy atom. The Bertz CT molecular complexity index is 703. The van der Waals surface area contributed by atoms with Gasteiger partial charge >= 0.3 is 0 Å². The molecule has 0 N–H and O–H groups in total. The summed E-state index contributed by atoms with van der Waals surface area (Å²) in [6.07, 6.45) is 6.04. The lowest BCUT2D eigenvalue weighted by Crippen LogP contribution is -2.45. The first-order valence-electron chi connectivity index (χ1n) is 8.74. The molecule has 1 heterocycles. The van der Waals surface area contributed by atoms with Gasteiger partial charge in [0.2, 0.25) is 0 Å². The zero-order valence-corrected chi connectivity index (χ0v) is 15.9. The minimum atomic E-state index is 0.176. The van der Waals surface area contributed by atoms with Crippen molar-refractivity contribution in [2.75, 3.05) is 0 Å². The maximum absolute atomic E-state index is 13.1. The van der Waals surface area contributed by atoms with Crippen LogP contribution in [-0.4, -0.2) is 22.9 Å². The standard InChI is InChI=1S/C20H24ClNOS/c1-14(2)22(17-9-4-3-5-10-17)20(23)19-12-11-18(24-19)15-7-6-8-16(21)13-15/h6-8,11-14,17H,3-5,9-10H2,1-2H3. The Hall–Kier alpha value is -1.32. The van der Waals surface area contributed by atoms with Crippen molar-refractivity contribution < 1.29 is 4.79 Å². The number of rotatable bonds is 4. The van der Waals surface area contributed by atoms with Gasteiger partial charge in [0.1, 0.15) is 0 Å². The highest BCUT2D eigenvalue weighted by molar-refractivity contribution is 7.17. The second-order valence-corrected chi connectivity index (χ2v) is 8.29. The molecule has 1 aromatic carbocycles. The fourth-order valence-corrected chi connectivity index (χ4v) is 4.70. The van der Waals surface area contributed by atoms with Crippen LogP contribution >= 0.6 is 22.9 Å². The molecule has 1 aliphatic carbocycles. The molecule has 0 aliphatic heterocycles. The number of amides is 1. The van der Waals surface area contributed by atoms with Crippen molar-refractivity contribution >= 4 is 28.8 Å². The van der Waals surface area contributed by atoms with E-state index in [0.717, 1.165) is 33.2 Å². The van der Waals surface area contributed by atoms with Crippen molar-refractivity contribution in [3.05, 3.63) is 46.3 Å². The third kappa shape index (κ3) is 3.84. The number of benzene rings is 1. The molecule has 1 aliphatic rings. The van der Waals surface area contributed by atoms with Gasteiger partial charge < -0.3 is 4.90 Å². The van der Waals surface area contributed by atoms with Crippen molar-refractivity contribution in [3.8, 4) is 10.4 Å². The van der Waals surface area contributed by atoms with E-state index in [1.54, 1.807) is 11.3 Å². The first kappa shape index (κ1) is 17.5. The highest BCUT2D eigenvalue weighted by atomic mass is 35.5. The zero-order valence-electron chi connectivity index (χ0n) is 14.3. The summed E-state index contributed by atoms with van der Waals surface area (Å²) in [5, 5.41) is 0.722. The molecule has 1 aromatic heterocycles. The van der Waals surface area contributed by atoms with E-state index in [-0.39, 0.29) is 11.9 Å². The SMILES string of the molecule is CC(C)N(C(=O)c1ccc(-c2cccc(Cl)c2)s1)C1CCCCC1. The predicted octanol–water partition coefficient (Wildman–Crippen LogP) is 6.25. The summed E-state index contributed by atoms with van der Waals surface area (Å²) >= 11 is 7.65. The average Bonchev–Trinajstić information content (AvgIpc) is 3.06. The molecule has 4 heteroatoms. The molecule has 0 spiro atoms. The van der Waals surface area contributed by atoms with Crippen LogP contribution in [0.25, 0.3) is 10.4 Å². The average molecular weight is 362 g/mol. The summed E-state index contributed by atoms with van der Waals surface area (Å²) in [5.74, 6) is 0.176. The van der Waals surface area contributed by atoms with Crippen LogP contribution in [0.5, 0.6) is 0 Å². The molecule has 24 heavy (non-hydrogen) atoms. The van der Waals surface area contributed by atoms with Gasteiger partial charge in [-0.3, -0.25) is 4.79 Å². The summed E-state index contributed by atoms with van der Waals surface area (Å²) in [6, 6.07) is 12.4. The topological polar surface area (TPSA) is 20.3 Å². The zero-order chi connectivity index (χ0) is 17.1. The van der Waals surface area contributed by atoms with Crippen molar-refractivity contribution in [1.29, 1.82) is 0 Å². The van der Waals surface area contributed by atoms with E-state index in [1.807, 2.05) is 36.4 Å². The normalized spacial score (nSPS) is 15.7. The molecule has 0 saturated heterocycles. The first-order valence-corrected chi connectivity index (χ1v) is 9.94. The lowest BCUT2D eigenvalue weighted by molar-refractivity contribution is 0.0560. The van der Waals surface area contributed by atoms with Crippen molar-refractivity contribution in [3.63, 3.8) is 0 Å². The molecule has 1 fully saturated rings. The van der Waals surface area contributed by atoms with Gasteiger partial charge in [0.05, 0.1) is 4.88 Å². The minimum absolute atomic E-state index is 0.176. The first-order chi connectivity index (χ1) is 11.6. The monoisotopic (exact) mass is 361 g/mol. The number of halogens is 1. The molecular weight excluding hydrogens is 338 g/mol. The number of nitrogens with zero attached hydrogens (tertiary/aromatic N) is 1. The van der Waals surface area contributed by atoms with Gasteiger partial charge in [-0.05, 0) is 56.5 Å². The maximum atomic E-state index is 13.1. The van der Waals surface area contributed by atoms with E-state index in [1.165, 1.54) is 19.3 Å². The molecule has 2 nitrogen and oxygen atoms in total. The molecule has 1 amide bonds. The number of carbonyl (C=O) groups is 1. The molecule has 3 rings (SSSR count). The third-order valence-electron chi connectivity index (χ3n) is 4.68. The molecular formula is C20H24ClNOS. The Kier molecular flexibility index (Phi) is 5.62. The number of hydrogen-bond acceptors (Lipinski definition) is 2. The number of thiophene rings is 1. The van der Waals surface area contributed by atoms with Gasteiger partial charge in [-0.15, -0.1) is 11.3 Å². The van der Waals surface area contributed by atoms with Crippen LogP contribution in [-0.2, 0) is 0 Å². The summed E-state index contributed by atoms with van der Waals surface area (Å²) in [7, 11) is 0. The van der Waals surface area contributed by atoms with Crippen LogP contribution in [0, 0.1) is 0 Å². The molecule has 0 unspecified atom stereocenters. The van der Waals surface area contributed by atoms with Gasteiger partial charge in [-0.2, -0.15) is 0 Å². The van der Waals surface area contributed by atoms with E-state index in [2.05, 4.69) is 18.7 Å². The highest BCUT2D eigenvalue weighted by Crippen LogP contribution is 2.32. The van der Waals surface area contributed by atoms with Crippen LogP contribution < -0.4 is 0 Å². The van der Waals surface area contributed by atoms with E-state index in [9.17, 15) is 4.79 Å². The van der Waals surface area contributed by atoms with E-state index >= 15 is 0 Å². The Morgan fingerprint density at radius 2 is 1.92 bits per heavy atom. The largest absolute Gasteiger partial charge is 0.333 e. The summed E-state index contributed by atoms with van der Waals surface area (Å²) in [6.45, 7) is 4.25. The number of carbonyl (C=O) groups excluding carboxylic acids is 1. The fraction of sp³-hybridized carbons (Fsp3) is 0.450. The summed E-state index contributed by atoms with van der Waals surface area (Å²) in [5.41, 5.74) is 1.07. The molecule has 0 radical (unpaired) electrons. The molecule has 2 aromatic rings. The van der Waals surface area contributed by atoms with E-state index in [4.69, 9.17) is 11.6 Å². The Balaban J connectivity index is 1.83. The lowest BCUT2D eigenvalue weighted by atomic mass is 9.93.